The van der Waals surface area contributed by atoms with Gasteiger partial charge in [0.1, 0.15) is 0 Å². The average molecular weight is 603 g/mol. The molecular formula is C27H25ClF6N4OS. The van der Waals surface area contributed by atoms with Crippen LogP contribution in [0, 0.1) is 6.92 Å². The molecule has 0 bridgehead atoms. The lowest BCUT2D eigenvalue weighted by atomic mass is 9.87. The Hall–Kier alpha value is -2.93. The fourth-order valence-electron chi connectivity index (χ4n) is 5.29. The Bertz CT molecular complexity index is 1500. The summed E-state index contributed by atoms with van der Waals surface area (Å²) in [7, 11) is 0. The summed E-state index contributed by atoms with van der Waals surface area (Å²) in [5.74, 6) is -1.02. The minimum atomic E-state index is -5.39. The van der Waals surface area contributed by atoms with Crippen molar-refractivity contribution in [3.63, 3.8) is 0 Å². The molecule has 2 N–H and O–H groups in total. The SMILES string of the molecule is Cc1nc(CN2CCNC(Cc3c[nH]c4ccccc34)C2C(=O)c2cccc(C(F)(F)F)c2C(F)(F)F)cs1.Cl. The first-order chi connectivity index (χ1) is 18.4. The van der Waals surface area contributed by atoms with Crippen molar-refractivity contribution in [2.45, 2.75) is 44.3 Å². The number of H-pyrrole nitrogens is 1. The van der Waals surface area contributed by atoms with Crippen molar-refractivity contribution in [3.8, 4) is 0 Å². The van der Waals surface area contributed by atoms with Crippen LogP contribution >= 0.6 is 23.7 Å². The maximum Gasteiger partial charge on any atom is 0.417 e. The smallest absolute Gasteiger partial charge is 0.361 e. The van der Waals surface area contributed by atoms with Crippen LogP contribution < -0.4 is 5.32 Å². The molecule has 1 aliphatic rings. The van der Waals surface area contributed by atoms with Crippen LogP contribution in [-0.2, 0) is 25.3 Å². The molecule has 0 saturated carbocycles. The second-order valence-corrected chi connectivity index (χ2v) is 10.5. The molecule has 5 rings (SSSR count). The largest absolute Gasteiger partial charge is 0.417 e. The highest BCUT2D eigenvalue weighted by Crippen LogP contribution is 2.43. The van der Waals surface area contributed by atoms with Crippen molar-refractivity contribution in [1.29, 1.82) is 0 Å². The molecule has 40 heavy (non-hydrogen) atoms. The number of benzene rings is 2. The molecule has 13 heteroatoms. The molecule has 0 spiro atoms. The van der Waals surface area contributed by atoms with Crippen molar-refractivity contribution < 1.29 is 31.1 Å². The van der Waals surface area contributed by atoms with E-state index in [1.165, 1.54) is 11.3 Å². The first-order valence-electron chi connectivity index (χ1n) is 12.2. The standard InChI is InChI=1S/C27H24F6N4OS.ClH/c1-15-36-17(14-39-15)13-37-10-9-34-22(11-16-12-35-21-8-3-2-5-18(16)21)24(37)25(38)19-6-4-7-20(26(28,29)30)23(19)27(31,32)33;/h2-8,12,14,22,24,34-35H,9-11,13H2,1H3;1H. The Labute approximate surface area is 236 Å². The highest BCUT2D eigenvalue weighted by atomic mass is 35.5. The number of nitrogens with zero attached hydrogens (tertiary/aromatic N) is 2. The molecule has 1 aliphatic heterocycles. The van der Waals surface area contributed by atoms with Crippen molar-refractivity contribution in [3.05, 3.63) is 87.0 Å². The normalized spacial score (nSPS) is 18.6. The summed E-state index contributed by atoms with van der Waals surface area (Å²) in [5, 5.41) is 6.74. The number of aryl methyl sites for hydroxylation is 1. The van der Waals surface area contributed by atoms with Gasteiger partial charge in [0.15, 0.2) is 5.78 Å². The van der Waals surface area contributed by atoms with Gasteiger partial charge in [0, 0.05) is 53.7 Å². The van der Waals surface area contributed by atoms with E-state index in [9.17, 15) is 31.1 Å². The Morgan fingerprint density at radius 1 is 1.07 bits per heavy atom. The number of nitrogens with one attached hydrogen (secondary N) is 2. The highest BCUT2D eigenvalue weighted by molar-refractivity contribution is 7.09. The third-order valence-corrected chi connectivity index (χ3v) is 7.74. The van der Waals surface area contributed by atoms with Gasteiger partial charge in [-0.05, 0) is 31.0 Å². The summed E-state index contributed by atoms with van der Waals surface area (Å²) in [6, 6.07) is 7.70. The number of Topliss-reactive ketones (excluding diaryl/α,β-unsaturated/α-hetero) is 1. The number of rotatable bonds is 6. The van der Waals surface area contributed by atoms with Crippen LogP contribution in [0.2, 0.25) is 0 Å². The van der Waals surface area contributed by atoms with Crippen molar-refractivity contribution in [2.75, 3.05) is 13.1 Å². The molecule has 214 valence electrons. The molecule has 2 aromatic heterocycles. The Kier molecular flexibility index (Phi) is 8.65. The maximum atomic E-state index is 14.1. The van der Waals surface area contributed by atoms with Gasteiger partial charge in [-0.15, -0.1) is 23.7 Å². The van der Waals surface area contributed by atoms with E-state index in [1.807, 2.05) is 31.2 Å². The van der Waals surface area contributed by atoms with Crippen molar-refractivity contribution in [2.24, 2.45) is 0 Å². The molecular weight excluding hydrogens is 578 g/mol. The number of ketones is 1. The molecule has 2 aromatic carbocycles. The first-order valence-corrected chi connectivity index (χ1v) is 13.1. The number of thiazole rings is 1. The minimum absolute atomic E-state index is 0. The van der Waals surface area contributed by atoms with Crippen LogP contribution in [0.25, 0.3) is 10.9 Å². The van der Waals surface area contributed by atoms with E-state index in [1.54, 1.807) is 16.5 Å². The highest BCUT2D eigenvalue weighted by Gasteiger charge is 2.48. The number of carbonyl (C=O) groups excluding carboxylic acids is 1. The van der Waals surface area contributed by atoms with Gasteiger partial charge in [-0.3, -0.25) is 9.69 Å². The lowest BCUT2D eigenvalue weighted by molar-refractivity contribution is -0.162. The number of piperazine rings is 1. The van der Waals surface area contributed by atoms with E-state index < -0.39 is 46.9 Å². The number of hydrogen-bond donors (Lipinski definition) is 2. The van der Waals surface area contributed by atoms with Gasteiger partial charge in [-0.25, -0.2) is 4.98 Å². The zero-order valence-electron chi connectivity index (χ0n) is 21.1. The van der Waals surface area contributed by atoms with Crippen LogP contribution in [0.4, 0.5) is 26.3 Å². The Morgan fingerprint density at radius 2 is 1.82 bits per heavy atom. The van der Waals surface area contributed by atoms with Gasteiger partial charge in [0.25, 0.3) is 0 Å². The Balaban J connectivity index is 0.00000370. The van der Waals surface area contributed by atoms with Crippen LogP contribution in [0.3, 0.4) is 0 Å². The van der Waals surface area contributed by atoms with Gasteiger partial charge in [0.2, 0.25) is 0 Å². The number of carbonyl (C=O) groups is 1. The molecule has 2 atom stereocenters. The summed E-state index contributed by atoms with van der Waals surface area (Å²) < 4.78 is 83.3. The third-order valence-electron chi connectivity index (χ3n) is 6.91. The van der Waals surface area contributed by atoms with E-state index >= 15 is 0 Å². The Morgan fingerprint density at radius 3 is 2.50 bits per heavy atom. The van der Waals surface area contributed by atoms with Crippen LogP contribution in [0.5, 0.6) is 0 Å². The van der Waals surface area contributed by atoms with Gasteiger partial charge >= 0.3 is 12.4 Å². The number of fused-ring (bicyclic) bond motifs is 1. The van der Waals surface area contributed by atoms with Gasteiger partial charge in [-0.1, -0.05) is 30.3 Å². The van der Waals surface area contributed by atoms with Crippen molar-refractivity contribution in [1.82, 2.24) is 20.2 Å². The average Bonchev–Trinajstić information content (AvgIpc) is 3.48. The zero-order valence-corrected chi connectivity index (χ0v) is 22.7. The van der Waals surface area contributed by atoms with E-state index in [-0.39, 0.29) is 25.4 Å². The van der Waals surface area contributed by atoms with E-state index in [0.717, 1.165) is 33.6 Å². The molecule has 1 fully saturated rings. The molecule has 3 heterocycles. The lowest BCUT2D eigenvalue weighted by Crippen LogP contribution is -2.61. The van der Waals surface area contributed by atoms with E-state index in [2.05, 4.69) is 15.3 Å². The summed E-state index contributed by atoms with van der Waals surface area (Å²) in [6.07, 6.45) is -8.62. The van der Waals surface area contributed by atoms with Gasteiger partial charge < -0.3 is 10.3 Å². The summed E-state index contributed by atoms with van der Waals surface area (Å²) in [5.41, 5.74) is -2.48. The molecule has 0 amide bonds. The second kappa shape index (κ2) is 11.5. The number of alkyl halides is 6. The summed E-state index contributed by atoms with van der Waals surface area (Å²) >= 11 is 1.40. The number of aromatic nitrogens is 2. The predicted molar refractivity (Wildman–Crippen MR) is 143 cm³/mol. The number of hydrogen-bond acceptors (Lipinski definition) is 5. The topological polar surface area (TPSA) is 61.0 Å². The molecule has 0 radical (unpaired) electrons. The van der Waals surface area contributed by atoms with Gasteiger partial charge in [-0.2, -0.15) is 26.3 Å². The fourth-order valence-corrected chi connectivity index (χ4v) is 5.90. The molecule has 5 nitrogen and oxygen atoms in total. The molecule has 4 aromatic rings. The van der Waals surface area contributed by atoms with Crippen LogP contribution in [0.15, 0.2) is 54.0 Å². The van der Waals surface area contributed by atoms with E-state index in [4.69, 9.17) is 0 Å². The monoisotopic (exact) mass is 602 g/mol. The molecule has 1 saturated heterocycles. The second-order valence-electron chi connectivity index (χ2n) is 9.49. The number of aromatic amines is 1. The lowest BCUT2D eigenvalue weighted by Gasteiger charge is -2.41. The minimum Gasteiger partial charge on any atom is -0.361 e. The van der Waals surface area contributed by atoms with Crippen LogP contribution in [0.1, 0.15) is 37.7 Å². The molecule has 2 unspecified atom stereocenters. The maximum absolute atomic E-state index is 14.1. The zero-order chi connectivity index (χ0) is 27.9. The third kappa shape index (κ3) is 6.04. The summed E-state index contributed by atoms with van der Waals surface area (Å²) in [6.45, 7) is 2.73. The number of halogens is 7. The summed E-state index contributed by atoms with van der Waals surface area (Å²) in [4.78, 5) is 23.3. The van der Waals surface area contributed by atoms with Gasteiger partial charge in [0.05, 0.1) is 27.9 Å². The first kappa shape index (κ1) is 30.0. The predicted octanol–water partition coefficient (Wildman–Crippen LogP) is 6.66. The number of para-hydroxylation sites is 1. The molecule has 0 aliphatic carbocycles. The van der Waals surface area contributed by atoms with Crippen molar-refractivity contribution >= 4 is 40.4 Å². The quantitative estimate of drug-likeness (QED) is 0.191. The van der Waals surface area contributed by atoms with E-state index in [0.29, 0.717) is 24.8 Å². The fraction of sp³-hybridized carbons (Fsp3) is 0.333. The van der Waals surface area contributed by atoms with Crippen LogP contribution in [-0.4, -0.2) is 45.8 Å².